The third-order valence-electron chi connectivity index (χ3n) is 2.23. The number of ether oxygens (including phenoxy) is 1. The second-order valence-electron chi connectivity index (χ2n) is 3.30. The summed E-state index contributed by atoms with van der Waals surface area (Å²) in [6, 6.07) is 0.834. The fourth-order valence-electron chi connectivity index (χ4n) is 1.44. The van der Waals surface area contributed by atoms with E-state index in [1.807, 2.05) is 0 Å². The van der Waals surface area contributed by atoms with Crippen LogP contribution < -0.4 is 0 Å². The highest BCUT2D eigenvalue weighted by molar-refractivity contribution is 6.18. The summed E-state index contributed by atoms with van der Waals surface area (Å²) >= 11 is 5.71. The summed E-state index contributed by atoms with van der Waals surface area (Å²) in [4.78, 5) is 2.48. The molecule has 1 aliphatic carbocycles. The van der Waals surface area contributed by atoms with Gasteiger partial charge in [0.05, 0.1) is 0 Å². The van der Waals surface area contributed by atoms with Crippen LogP contribution in [-0.2, 0) is 4.74 Å². The van der Waals surface area contributed by atoms with E-state index in [1.165, 1.54) is 12.8 Å². The first-order valence-corrected chi connectivity index (χ1v) is 5.21. The Morgan fingerprint density at radius 1 is 1.42 bits per heavy atom. The lowest BCUT2D eigenvalue weighted by atomic mass is 10.4. The van der Waals surface area contributed by atoms with Crippen molar-refractivity contribution < 1.29 is 4.74 Å². The Labute approximate surface area is 79.8 Å². The van der Waals surface area contributed by atoms with E-state index in [0.717, 1.165) is 38.0 Å². The normalized spacial score (nSPS) is 17.2. The first kappa shape index (κ1) is 10.3. The van der Waals surface area contributed by atoms with Gasteiger partial charge in [0.25, 0.3) is 0 Å². The average Bonchev–Trinajstić information content (AvgIpc) is 2.86. The lowest BCUT2D eigenvalue weighted by Crippen LogP contribution is -2.29. The van der Waals surface area contributed by atoms with E-state index < -0.39 is 0 Å². The van der Waals surface area contributed by atoms with E-state index in [4.69, 9.17) is 16.3 Å². The number of nitrogens with zero attached hydrogens (tertiary/aromatic N) is 1. The summed E-state index contributed by atoms with van der Waals surface area (Å²) < 4.78 is 5.01. The van der Waals surface area contributed by atoms with Crippen molar-refractivity contribution in [2.75, 3.05) is 32.7 Å². The summed E-state index contributed by atoms with van der Waals surface area (Å²) in [6.45, 7) is 3.05. The Morgan fingerprint density at radius 2 is 2.17 bits per heavy atom. The molecular formula is C9H18ClNO. The summed E-state index contributed by atoms with van der Waals surface area (Å²) in [6.07, 6.45) is 3.86. The van der Waals surface area contributed by atoms with E-state index in [0.29, 0.717) is 0 Å². The maximum Gasteiger partial charge on any atom is 0.0474 e. The van der Waals surface area contributed by atoms with Crippen molar-refractivity contribution in [1.29, 1.82) is 0 Å². The molecule has 0 aromatic rings. The highest BCUT2D eigenvalue weighted by atomic mass is 35.5. The van der Waals surface area contributed by atoms with Crippen LogP contribution >= 0.6 is 11.6 Å². The highest BCUT2D eigenvalue weighted by Crippen LogP contribution is 2.26. The van der Waals surface area contributed by atoms with Crippen LogP contribution in [-0.4, -0.2) is 43.6 Å². The molecule has 0 radical (unpaired) electrons. The molecule has 1 saturated carbocycles. The number of hydrogen-bond donors (Lipinski definition) is 0. The number of rotatable bonds is 7. The maximum atomic E-state index is 5.71. The van der Waals surface area contributed by atoms with Gasteiger partial charge in [-0.2, -0.15) is 0 Å². The molecular weight excluding hydrogens is 174 g/mol. The fourth-order valence-corrected chi connectivity index (χ4v) is 1.65. The summed E-state index contributed by atoms with van der Waals surface area (Å²) in [5.74, 6) is 0.753. The van der Waals surface area contributed by atoms with Crippen LogP contribution in [0.25, 0.3) is 0 Å². The van der Waals surface area contributed by atoms with Crippen LogP contribution in [0.2, 0.25) is 0 Å². The summed E-state index contributed by atoms with van der Waals surface area (Å²) in [5.41, 5.74) is 0. The SMILES string of the molecule is COCCCN(CCCl)C1CC1. The van der Waals surface area contributed by atoms with Crippen LogP contribution in [0.15, 0.2) is 0 Å². The zero-order chi connectivity index (χ0) is 8.81. The van der Waals surface area contributed by atoms with Gasteiger partial charge in [-0.15, -0.1) is 11.6 Å². The van der Waals surface area contributed by atoms with Crippen molar-refractivity contribution in [2.45, 2.75) is 25.3 Å². The minimum absolute atomic E-state index is 0.753. The topological polar surface area (TPSA) is 12.5 Å². The Morgan fingerprint density at radius 3 is 2.67 bits per heavy atom. The molecule has 0 amide bonds. The Bertz CT molecular complexity index is 117. The highest BCUT2D eigenvalue weighted by Gasteiger charge is 2.27. The Hall–Kier alpha value is 0.210. The first-order valence-electron chi connectivity index (χ1n) is 4.67. The minimum Gasteiger partial charge on any atom is -0.385 e. The van der Waals surface area contributed by atoms with E-state index in [1.54, 1.807) is 7.11 Å². The number of halogens is 1. The Kier molecular flexibility index (Phi) is 4.96. The van der Waals surface area contributed by atoms with Crippen LogP contribution in [0.1, 0.15) is 19.3 Å². The van der Waals surface area contributed by atoms with Gasteiger partial charge in [0, 0.05) is 38.7 Å². The quantitative estimate of drug-likeness (QED) is 0.449. The smallest absolute Gasteiger partial charge is 0.0474 e. The van der Waals surface area contributed by atoms with Crippen molar-refractivity contribution in [3.8, 4) is 0 Å². The molecule has 3 heteroatoms. The minimum atomic E-state index is 0.753. The molecule has 0 atom stereocenters. The monoisotopic (exact) mass is 191 g/mol. The zero-order valence-electron chi connectivity index (χ0n) is 7.76. The molecule has 0 saturated heterocycles. The van der Waals surface area contributed by atoms with Crippen molar-refractivity contribution in [3.05, 3.63) is 0 Å². The number of hydrogen-bond acceptors (Lipinski definition) is 2. The van der Waals surface area contributed by atoms with Crippen LogP contribution in [0, 0.1) is 0 Å². The predicted molar refractivity (Wildman–Crippen MR) is 51.8 cm³/mol. The van der Waals surface area contributed by atoms with Gasteiger partial charge in [-0.25, -0.2) is 0 Å². The van der Waals surface area contributed by atoms with Gasteiger partial charge in [0.1, 0.15) is 0 Å². The maximum absolute atomic E-state index is 5.71. The molecule has 0 aliphatic heterocycles. The molecule has 0 unspecified atom stereocenters. The lowest BCUT2D eigenvalue weighted by Gasteiger charge is -2.20. The molecule has 0 spiro atoms. The fraction of sp³-hybridized carbons (Fsp3) is 1.00. The third-order valence-corrected chi connectivity index (χ3v) is 2.40. The van der Waals surface area contributed by atoms with Crippen LogP contribution in [0.5, 0.6) is 0 Å². The van der Waals surface area contributed by atoms with Crippen molar-refractivity contribution in [3.63, 3.8) is 0 Å². The van der Waals surface area contributed by atoms with Crippen LogP contribution in [0.4, 0.5) is 0 Å². The molecule has 0 aromatic carbocycles. The van der Waals surface area contributed by atoms with E-state index >= 15 is 0 Å². The largest absolute Gasteiger partial charge is 0.385 e. The molecule has 0 N–H and O–H groups in total. The molecule has 0 heterocycles. The van der Waals surface area contributed by atoms with Gasteiger partial charge >= 0.3 is 0 Å². The van der Waals surface area contributed by atoms with Gasteiger partial charge in [-0.05, 0) is 19.3 Å². The second kappa shape index (κ2) is 5.79. The number of alkyl halides is 1. The van der Waals surface area contributed by atoms with Crippen molar-refractivity contribution >= 4 is 11.6 Å². The van der Waals surface area contributed by atoms with Crippen molar-refractivity contribution in [1.82, 2.24) is 4.90 Å². The number of methoxy groups -OCH3 is 1. The molecule has 1 rings (SSSR count). The van der Waals surface area contributed by atoms with Gasteiger partial charge < -0.3 is 4.74 Å². The third kappa shape index (κ3) is 3.74. The average molecular weight is 192 g/mol. The van der Waals surface area contributed by atoms with E-state index in [-0.39, 0.29) is 0 Å². The van der Waals surface area contributed by atoms with E-state index in [2.05, 4.69) is 4.90 Å². The summed E-state index contributed by atoms with van der Waals surface area (Å²) in [5, 5.41) is 0. The first-order chi connectivity index (χ1) is 5.88. The Balaban J connectivity index is 2.05. The van der Waals surface area contributed by atoms with Gasteiger partial charge in [-0.1, -0.05) is 0 Å². The molecule has 1 aliphatic rings. The lowest BCUT2D eigenvalue weighted by molar-refractivity contribution is 0.171. The zero-order valence-corrected chi connectivity index (χ0v) is 8.52. The molecule has 0 aromatic heterocycles. The van der Waals surface area contributed by atoms with Crippen LogP contribution in [0.3, 0.4) is 0 Å². The summed E-state index contributed by atoms with van der Waals surface area (Å²) in [7, 11) is 1.75. The molecule has 12 heavy (non-hydrogen) atoms. The molecule has 1 fully saturated rings. The molecule has 2 nitrogen and oxygen atoms in total. The predicted octanol–water partition coefficient (Wildman–Crippen LogP) is 1.73. The van der Waals surface area contributed by atoms with Gasteiger partial charge in [0.2, 0.25) is 0 Å². The second-order valence-corrected chi connectivity index (χ2v) is 3.68. The molecule has 72 valence electrons. The standard InChI is InChI=1S/C9H18ClNO/c1-12-8-2-6-11(7-5-10)9-3-4-9/h9H,2-8H2,1H3. The van der Waals surface area contributed by atoms with E-state index in [9.17, 15) is 0 Å². The van der Waals surface area contributed by atoms with Gasteiger partial charge in [0.15, 0.2) is 0 Å². The van der Waals surface area contributed by atoms with Gasteiger partial charge in [-0.3, -0.25) is 4.90 Å². The van der Waals surface area contributed by atoms with Crippen molar-refractivity contribution in [2.24, 2.45) is 0 Å². The molecule has 0 bridgehead atoms.